The molecule has 3 N–H and O–H groups in total. The van der Waals surface area contributed by atoms with Crippen molar-refractivity contribution in [2.75, 3.05) is 23.9 Å². The summed E-state index contributed by atoms with van der Waals surface area (Å²) in [4.78, 5) is 11.3. The van der Waals surface area contributed by atoms with E-state index in [0.717, 1.165) is 18.5 Å². The van der Waals surface area contributed by atoms with Gasteiger partial charge in [0.05, 0.1) is 0 Å². The van der Waals surface area contributed by atoms with E-state index in [9.17, 15) is 22.7 Å². The minimum atomic E-state index is -4.19. The van der Waals surface area contributed by atoms with Gasteiger partial charge >= 0.3 is 10.2 Å². The number of carbonyl (C=O) groups is 1. The van der Waals surface area contributed by atoms with Gasteiger partial charge in [-0.3, -0.25) is 4.79 Å². The van der Waals surface area contributed by atoms with Gasteiger partial charge in [0.2, 0.25) is 0 Å². The van der Waals surface area contributed by atoms with Crippen LogP contribution in [0.25, 0.3) is 6.08 Å². The molecular weight excluding hydrogens is 325 g/mol. The molecule has 1 aromatic carbocycles. The fourth-order valence-corrected chi connectivity index (χ4v) is 3.90. The number of nitrogens with one attached hydrogen (secondary N) is 2. The van der Waals surface area contributed by atoms with Crippen molar-refractivity contribution in [2.45, 2.75) is 13.3 Å². The lowest BCUT2D eigenvalue weighted by Gasteiger charge is -2.19. The van der Waals surface area contributed by atoms with E-state index in [1.807, 2.05) is 0 Å². The van der Waals surface area contributed by atoms with Gasteiger partial charge in [-0.05, 0) is 31.5 Å². The molecule has 0 aliphatic carbocycles. The molecule has 1 amide bonds. The zero-order valence-corrected chi connectivity index (χ0v) is 13.2. The number of amides is 1. The number of rotatable bonds is 2. The van der Waals surface area contributed by atoms with E-state index in [4.69, 9.17) is 0 Å². The van der Waals surface area contributed by atoms with Crippen molar-refractivity contribution < 1.29 is 22.7 Å². The predicted octanol–water partition coefficient (Wildman–Crippen LogP) is 0.397. The number of hydrogen-bond donors (Lipinski definition) is 3. The molecule has 0 spiro atoms. The van der Waals surface area contributed by atoms with Gasteiger partial charge in [0, 0.05) is 12.1 Å². The predicted molar refractivity (Wildman–Crippen MR) is 82.7 cm³/mol. The number of nitrogens with zero attached hydrogens (tertiary/aromatic N) is 1. The molecule has 23 heavy (non-hydrogen) atoms. The minimum Gasteiger partial charge on any atom is -0.506 e. The van der Waals surface area contributed by atoms with Crippen LogP contribution in [0.3, 0.4) is 0 Å². The molecule has 0 bridgehead atoms. The average molecular weight is 341 g/mol. The van der Waals surface area contributed by atoms with E-state index in [1.54, 1.807) is 17.7 Å². The van der Waals surface area contributed by atoms with E-state index < -0.39 is 39.9 Å². The summed E-state index contributed by atoms with van der Waals surface area (Å²) >= 11 is 0. The number of carbonyl (C=O) groups excluding carboxylic acids is 1. The monoisotopic (exact) mass is 341 g/mol. The molecule has 3 rings (SSSR count). The lowest BCUT2D eigenvalue weighted by Crippen LogP contribution is -2.30. The Balaban J connectivity index is 2.15. The first kappa shape index (κ1) is 15.8. The average Bonchev–Trinajstić information content (AvgIpc) is 3.02. The summed E-state index contributed by atoms with van der Waals surface area (Å²) in [6.45, 7) is 2.50. The molecule has 2 heterocycles. The zero-order chi connectivity index (χ0) is 16.8. The molecule has 0 atom stereocenters. The summed E-state index contributed by atoms with van der Waals surface area (Å²) in [5.41, 5.74) is 1.18. The van der Waals surface area contributed by atoms with Crippen LogP contribution in [0.5, 0.6) is 5.75 Å². The molecule has 1 aromatic rings. The Hall–Kier alpha value is -2.13. The Morgan fingerprint density at radius 3 is 2.74 bits per heavy atom. The lowest BCUT2D eigenvalue weighted by molar-refractivity contribution is -0.117. The van der Waals surface area contributed by atoms with Crippen LogP contribution >= 0.6 is 0 Å². The minimum absolute atomic E-state index is 0.214. The molecule has 2 aliphatic heterocycles. The fraction of sp³-hybridized carbons (Fsp3) is 0.357. The van der Waals surface area contributed by atoms with Crippen LogP contribution < -0.4 is 14.3 Å². The van der Waals surface area contributed by atoms with Gasteiger partial charge in [-0.1, -0.05) is 11.6 Å². The Kier molecular flexibility index (Phi) is 3.77. The zero-order valence-electron chi connectivity index (χ0n) is 12.4. The first-order valence-corrected chi connectivity index (χ1v) is 8.49. The number of benzene rings is 1. The highest BCUT2D eigenvalue weighted by atomic mass is 32.2. The van der Waals surface area contributed by atoms with Crippen LogP contribution in [0, 0.1) is 12.7 Å². The molecule has 7 nitrogen and oxygen atoms in total. The molecule has 0 aromatic heterocycles. The van der Waals surface area contributed by atoms with E-state index in [1.165, 1.54) is 6.07 Å². The highest BCUT2D eigenvalue weighted by Gasteiger charge is 2.38. The van der Waals surface area contributed by atoms with Crippen molar-refractivity contribution in [3.05, 3.63) is 28.6 Å². The number of halogens is 1. The first-order chi connectivity index (χ1) is 10.8. The fourth-order valence-electron chi connectivity index (χ4n) is 2.74. The van der Waals surface area contributed by atoms with Gasteiger partial charge < -0.3 is 10.4 Å². The Bertz CT molecular complexity index is 812. The smallest absolute Gasteiger partial charge is 0.326 e. The number of aryl methyl sites for hydroxylation is 1. The van der Waals surface area contributed by atoms with Crippen LogP contribution in [-0.4, -0.2) is 39.1 Å². The third-order valence-electron chi connectivity index (χ3n) is 3.86. The third-order valence-corrected chi connectivity index (χ3v) is 5.24. The molecule has 0 radical (unpaired) electrons. The summed E-state index contributed by atoms with van der Waals surface area (Å²) in [5, 5.41) is 13.1. The van der Waals surface area contributed by atoms with E-state index in [0.29, 0.717) is 16.4 Å². The van der Waals surface area contributed by atoms with Gasteiger partial charge in [-0.25, -0.2) is 13.4 Å². The molecule has 0 saturated carbocycles. The Labute approximate surface area is 133 Å². The van der Waals surface area contributed by atoms with E-state index in [2.05, 4.69) is 5.32 Å². The Morgan fingerprint density at radius 1 is 1.43 bits per heavy atom. The lowest BCUT2D eigenvalue weighted by atomic mass is 10.0. The molecule has 0 unspecified atom stereocenters. The highest BCUT2D eigenvalue weighted by Crippen LogP contribution is 2.37. The summed E-state index contributed by atoms with van der Waals surface area (Å²) in [7, 11) is -4.19. The second kappa shape index (κ2) is 5.50. The molecular formula is C14H16FN3O4S. The number of hydrogen-bond acceptors (Lipinski definition) is 5. The van der Waals surface area contributed by atoms with Crippen molar-refractivity contribution in [3.63, 3.8) is 0 Å². The van der Waals surface area contributed by atoms with E-state index >= 15 is 0 Å². The van der Waals surface area contributed by atoms with Gasteiger partial charge in [-0.15, -0.1) is 0 Å². The second-order valence-electron chi connectivity index (χ2n) is 5.56. The SMILES string of the molecule is Cc1cc(O)c(N2CC(=O)NS2(=O)=O)c(F)c1/C=C1\CCNC1. The highest BCUT2D eigenvalue weighted by molar-refractivity contribution is 7.92. The molecule has 2 saturated heterocycles. The van der Waals surface area contributed by atoms with Gasteiger partial charge in [0.15, 0.2) is 5.82 Å². The third kappa shape index (κ3) is 2.77. The second-order valence-corrected chi connectivity index (χ2v) is 7.15. The molecule has 124 valence electrons. The van der Waals surface area contributed by atoms with Crippen LogP contribution in [0.2, 0.25) is 0 Å². The van der Waals surface area contributed by atoms with Crippen molar-refractivity contribution in [1.82, 2.24) is 10.0 Å². The number of phenolic OH excluding ortho intramolecular Hbond substituents is 1. The van der Waals surface area contributed by atoms with E-state index in [-0.39, 0.29) is 5.56 Å². The number of anilines is 1. The summed E-state index contributed by atoms with van der Waals surface area (Å²) in [5.74, 6) is -2.15. The summed E-state index contributed by atoms with van der Waals surface area (Å²) < 4.78 is 41.0. The number of aromatic hydroxyl groups is 1. The molecule has 2 aliphatic rings. The van der Waals surface area contributed by atoms with Crippen molar-refractivity contribution in [2.24, 2.45) is 0 Å². The topological polar surface area (TPSA) is 98.7 Å². The maximum absolute atomic E-state index is 14.9. The van der Waals surface area contributed by atoms with Gasteiger partial charge in [-0.2, -0.15) is 8.42 Å². The normalized spacial score (nSPS) is 21.9. The summed E-state index contributed by atoms with van der Waals surface area (Å²) in [6, 6.07) is 1.30. The van der Waals surface area contributed by atoms with Crippen LogP contribution in [-0.2, 0) is 15.0 Å². The standard InChI is InChI=1S/C14H16FN3O4S/c1-8-4-11(19)14(18-7-12(20)17-23(18,21)22)13(15)10(8)5-9-2-3-16-6-9/h4-5,16,19H,2-3,6-7H2,1H3,(H,17,20)/b9-5+. The van der Waals surface area contributed by atoms with Gasteiger partial charge in [0.1, 0.15) is 18.0 Å². The first-order valence-electron chi connectivity index (χ1n) is 7.05. The van der Waals surface area contributed by atoms with Crippen LogP contribution in [0.15, 0.2) is 11.6 Å². The maximum Gasteiger partial charge on any atom is 0.326 e. The number of phenols is 1. The molecule has 2 fully saturated rings. The maximum atomic E-state index is 14.9. The van der Waals surface area contributed by atoms with Crippen molar-refractivity contribution in [1.29, 1.82) is 0 Å². The molecule has 9 heteroatoms. The quantitative estimate of drug-likeness (QED) is 0.723. The Morgan fingerprint density at radius 2 is 2.17 bits per heavy atom. The summed E-state index contributed by atoms with van der Waals surface area (Å²) in [6.07, 6.45) is 2.43. The van der Waals surface area contributed by atoms with Crippen LogP contribution in [0.4, 0.5) is 10.1 Å². The van der Waals surface area contributed by atoms with Crippen molar-refractivity contribution in [3.8, 4) is 5.75 Å². The van der Waals surface area contributed by atoms with Crippen molar-refractivity contribution >= 4 is 27.9 Å². The largest absolute Gasteiger partial charge is 0.506 e. The van der Waals surface area contributed by atoms with Gasteiger partial charge in [0.25, 0.3) is 5.91 Å². The van der Waals surface area contributed by atoms with Crippen LogP contribution in [0.1, 0.15) is 17.5 Å².